The van der Waals surface area contributed by atoms with Gasteiger partial charge in [-0.15, -0.1) is 0 Å². The van der Waals surface area contributed by atoms with E-state index in [-0.39, 0.29) is 0 Å². The van der Waals surface area contributed by atoms with Gasteiger partial charge in [-0.25, -0.2) is 9.97 Å². The zero-order valence-electron chi connectivity index (χ0n) is 17.6. The predicted molar refractivity (Wildman–Crippen MR) is 125 cm³/mol. The third-order valence-corrected chi connectivity index (χ3v) is 6.30. The summed E-state index contributed by atoms with van der Waals surface area (Å²) < 4.78 is 0. The van der Waals surface area contributed by atoms with Gasteiger partial charge in [-0.1, -0.05) is 25.3 Å². The highest BCUT2D eigenvalue weighted by molar-refractivity contribution is 5.63. The minimum Gasteiger partial charge on any atom is -0.355 e. The Kier molecular flexibility index (Phi) is 5.20. The molecule has 0 unspecified atom stereocenters. The molecule has 0 bridgehead atoms. The maximum Gasteiger partial charge on any atom is 0.150 e. The highest BCUT2D eigenvalue weighted by atomic mass is 15.3. The molecule has 0 aromatic carbocycles. The van der Waals surface area contributed by atoms with Crippen LogP contribution in [0.1, 0.15) is 40.8 Å². The summed E-state index contributed by atoms with van der Waals surface area (Å²) in [7, 11) is 0. The van der Waals surface area contributed by atoms with E-state index in [2.05, 4.69) is 46.1 Å². The standard InChI is InChI=1S/C25H26N6/c1-3-18-7-8-23(29-22(18)4-2)31-16-21(17-31)24-25(28-12-11-27-24)30-13-9-20(15-30)19-6-5-10-26-14-19/h3-8,10-12,14,20-21H,1-2,9,13,15-17H2/t20-/m1/s1. The van der Waals surface area contributed by atoms with Gasteiger partial charge in [0.2, 0.25) is 0 Å². The molecule has 0 spiro atoms. The van der Waals surface area contributed by atoms with Gasteiger partial charge in [0.15, 0.2) is 5.82 Å². The minimum absolute atomic E-state index is 0.356. The molecule has 2 aliphatic rings. The molecule has 31 heavy (non-hydrogen) atoms. The van der Waals surface area contributed by atoms with Gasteiger partial charge >= 0.3 is 0 Å². The van der Waals surface area contributed by atoms with E-state index in [4.69, 9.17) is 15.0 Å². The average Bonchev–Trinajstić information content (AvgIpc) is 3.29. The number of rotatable bonds is 6. The fourth-order valence-corrected chi connectivity index (χ4v) is 4.54. The quantitative estimate of drug-likeness (QED) is 0.608. The molecule has 0 N–H and O–H groups in total. The number of hydrogen-bond acceptors (Lipinski definition) is 6. The Balaban J connectivity index is 1.30. The third kappa shape index (κ3) is 3.69. The first-order valence-electron chi connectivity index (χ1n) is 10.7. The van der Waals surface area contributed by atoms with Crippen molar-refractivity contribution in [2.24, 2.45) is 0 Å². The van der Waals surface area contributed by atoms with Crippen LogP contribution in [0.25, 0.3) is 12.2 Å². The second kappa shape index (κ2) is 8.30. The Morgan fingerprint density at radius 2 is 1.74 bits per heavy atom. The molecule has 1 atom stereocenters. The van der Waals surface area contributed by atoms with Crippen molar-refractivity contribution >= 4 is 23.8 Å². The number of pyridine rings is 2. The van der Waals surface area contributed by atoms with E-state index >= 15 is 0 Å². The summed E-state index contributed by atoms with van der Waals surface area (Å²) in [5.41, 5.74) is 4.27. The summed E-state index contributed by atoms with van der Waals surface area (Å²) in [6.07, 6.45) is 12.1. The highest BCUT2D eigenvalue weighted by Gasteiger charge is 2.35. The van der Waals surface area contributed by atoms with Crippen molar-refractivity contribution in [3.63, 3.8) is 0 Å². The number of aromatic nitrogens is 4. The smallest absolute Gasteiger partial charge is 0.150 e. The molecule has 6 heteroatoms. The molecule has 0 radical (unpaired) electrons. The van der Waals surface area contributed by atoms with E-state index in [9.17, 15) is 0 Å². The molecule has 0 amide bonds. The van der Waals surface area contributed by atoms with Crippen molar-refractivity contribution in [3.05, 3.63) is 84.7 Å². The van der Waals surface area contributed by atoms with Crippen LogP contribution in [0.5, 0.6) is 0 Å². The topological polar surface area (TPSA) is 58.0 Å². The highest BCUT2D eigenvalue weighted by Crippen LogP contribution is 2.37. The zero-order chi connectivity index (χ0) is 21.2. The monoisotopic (exact) mass is 410 g/mol. The lowest BCUT2D eigenvalue weighted by molar-refractivity contribution is 0.506. The molecule has 5 rings (SSSR count). The maximum atomic E-state index is 4.74. The van der Waals surface area contributed by atoms with Gasteiger partial charge in [0.05, 0.1) is 11.4 Å². The van der Waals surface area contributed by atoms with Gasteiger partial charge < -0.3 is 9.80 Å². The normalized spacial score (nSPS) is 18.6. The van der Waals surface area contributed by atoms with Crippen molar-refractivity contribution in [3.8, 4) is 0 Å². The molecule has 2 aliphatic heterocycles. The van der Waals surface area contributed by atoms with Gasteiger partial charge in [-0.05, 0) is 41.8 Å². The van der Waals surface area contributed by atoms with Gasteiger partial charge in [0.25, 0.3) is 0 Å². The molecule has 0 saturated carbocycles. The molecule has 6 nitrogen and oxygen atoms in total. The van der Waals surface area contributed by atoms with Gasteiger partial charge in [0.1, 0.15) is 5.82 Å². The van der Waals surface area contributed by atoms with E-state index in [1.807, 2.05) is 30.7 Å². The van der Waals surface area contributed by atoms with Gasteiger partial charge in [0, 0.05) is 62.8 Å². The summed E-state index contributed by atoms with van der Waals surface area (Å²) in [4.78, 5) is 23.2. The summed E-state index contributed by atoms with van der Waals surface area (Å²) in [6, 6.07) is 8.29. The van der Waals surface area contributed by atoms with Crippen LogP contribution in [-0.2, 0) is 0 Å². The van der Waals surface area contributed by atoms with Crippen LogP contribution in [0.4, 0.5) is 11.6 Å². The molecule has 2 saturated heterocycles. The van der Waals surface area contributed by atoms with Crippen LogP contribution < -0.4 is 9.80 Å². The fraction of sp³-hybridized carbons (Fsp3) is 0.280. The first kappa shape index (κ1) is 19.4. The van der Waals surface area contributed by atoms with Crippen molar-refractivity contribution in [1.82, 2.24) is 19.9 Å². The average molecular weight is 411 g/mol. The Bertz CT molecular complexity index is 1090. The van der Waals surface area contributed by atoms with Crippen LogP contribution in [0.3, 0.4) is 0 Å². The molecular weight excluding hydrogens is 384 g/mol. The van der Waals surface area contributed by atoms with Gasteiger partial charge in [-0.3, -0.25) is 9.97 Å². The second-order valence-electron chi connectivity index (χ2n) is 8.14. The van der Waals surface area contributed by atoms with E-state index in [0.29, 0.717) is 11.8 Å². The Hall–Kier alpha value is -3.54. The lowest BCUT2D eigenvalue weighted by atomic mass is 9.95. The molecule has 5 heterocycles. The number of hydrogen-bond donors (Lipinski definition) is 0. The molecule has 156 valence electrons. The molecule has 3 aromatic heterocycles. The van der Waals surface area contributed by atoms with Crippen molar-refractivity contribution in [2.75, 3.05) is 36.0 Å². The lowest BCUT2D eigenvalue weighted by Crippen LogP contribution is -2.46. The van der Waals surface area contributed by atoms with Gasteiger partial charge in [-0.2, -0.15) is 0 Å². The van der Waals surface area contributed by atoms with Crippen LogP contribution in [0.15, 0.2) is 62.2 Å². The van der Waals surface area contributed by atoms with Crippen LogP contribution in [-0.4, -0.2) is 46.1 Å². The first-order chi connectivity index (χ1) is 15.3. The fourth-order valence-electron chi connectivity index (χ4n) is 4.54. The van der Waals surface area contributed by atoms with Crippen LogP contribution in [0.2, 0.25) is 0 Å². The Morgan fingerprint density at radius 1 is 0.903 bits per heavy atom. The third-order valence-electron chi connectivity index (χ3n) is 6.30. The first-order valence-corrected chi connectivity index (χ1v) is 10.7. The van der Waals surface area contributed by atoms with Crippen molar-refractivity contribution < 1.29 is 0 Å². The summed E-state index contributed by atoms with van der Waals surface area (Å²) >= 11 is 0. The van der Waals surface area contributed by atoms with Crippen molar-refractivity contribution in [2.45, 2.75) is 18.3 Å². The molecule has 3 aromatic rings. The predicted octanol–water partition coefficient (Wildman–Crippen LogP) is 4.15. The van der Waals surface area contributed by atoms with E-state index in [1.54, 1.807) is 12.3 Å². The number of nitrogens with zero attached hydrogens (tertiary/aromatic N) is 6. The lowest BCUT2D eigenvalue weighted by Gasteiger charge is -2.41. The second-order valence-corrected chi connectivity index (χ2v) is 8.14. The van der Waals surface area contributed by atoms with E-state index in [1.165, 1.54) is 5.56 Å². The number of anilines is 2. The Labute approximate surface area is 183 Å². The Morgan fingerprint density at radius 3 is 2.52 bits per heavy atom. The SMILES string of the molecule is C=Cc1ccc(N2CC(c3nccnc3N3CC[C@@H](c4cccnc4)C3)C2)nc1C=C. The zero-order valence-corrected chi connectivity index (χ0v) is 17.6. The summed E-state index contributed by atoms with van der Waals surface area (Å²) in [5.74, 6) is 2.85. The summed E-state index contributed by atoms with van der Waals surface area (Å²) in [5, 5.41) is 0. The minimum atomic E-state index is 0.356. The summed E-state index contributed by atoms with van der Waals surface area (Å²) in [6.45, 7) is 11.5. The largest absolute Gasteiger partial charge is 0.355 e. The van der Waals surface area contributed by atoms with Crippen LogP contribution >= 0.6 is 0 Å². The molecule has 0 aliphatic carbocycles. The molecular formula is C25H26N6. The van der Waals surface area contributed by atoms with E-state index in [0.717, 1.165) is 61.2 Å². The van der Waals surface area contributed by atoms with E-state index < -0.39 is 0 Å². The maximum absolute atomic E-state index is 4.74. The molecule has 2 fully saturated rings. The van der Waals surface area contributed by atoms with Crippen molar-refractivity contribution in [1.29, 1.82) is 0 Å². The van der Waals surface area contributed by atoms with Crippen LogP contribution in [0, 0.1) is 0 Å².